The predicted molar refractivity (Wildman–Crippen MR) is 87.4 cm³/mol. The van der Waals surface area contributed by atoms with Crippen LogP contribution in [0.15, 0.2) is 48.5 Å². The SMILES string of the molecule is CNCc1cccc(CN(C)Cc2ccccc2OC)c1. The molecule has 2 rings (SSSR count). The monoisotopic (exact) mass is 284 g/mol. The highest BCUT2D eigenvalue weighted by Gasteiger charge is 2.06. The maximum Gasteiger partial charge on any atom is 0.123 e. The van der Waals surface area contributed by atoms with Crippen LogP contribution in [0, 0.1) is 0 Å². The van der Waals surface area contributed by atoms with E-state index in [4.69, 9.17) is 4.74 Å². The van der Waals surface area contributed by atoms with Crippen LogP contribution in [0.5, 0.6) is 5.75 Å². The molecule has 0 unspecified atom stereocenters. The molecule has 0 bridgehead atoms. The summed E-state index contributed by atoms with van der Waals surface area (Å²) in [5.74, 6) is 0.952. The van der Waals surface area contributed by atoms with Crippen molar-refractivity contribution >= 4 is 0 Å². The summed E-state index contributed by atoms with van der Waals surface area (Å²) in [6.07, 6.45) is 0. The predicted octanol–water partition coefficient (Wildman–Crippen LogP) is 3.05. The molecule has 0 spiro atoms. The van der Waals surface area contributed by atoms with Crippen molar-refractivity contribution in [1.82, 2.24) is 10.2 Å². The summed E-state index contributed by atoms with van der Waals surface area (Å²) in [5.41, 5.74) is 3.87. The van der Waals surface area contributed by atoms with E-state index in [0.717, 1.165) is 25.4 Å². The van der Waals surface area contributed by atoms with Gasteiger partial charge < -0.3 is 10.1 Å². The highest BCUT2D eigenvalue weighted by molar-refractivity contribution is 5.33. The van der Waals surface area contributed by atoms with E-state index in [9.17, 15) is 0 Å². The average Bonchev–Trinajstić information content (AvgIpc) is 2.48. The summed E-state index contributed by atoms with van der Waals surface area (Å²) < 4.78 is 5.41. The van der Waals surface area contributed by atoms with E-state index in [1.807, 2.05) is 19.2 Å². The summed E-state index contributed by atoms with van der Waals surface area (Å²) in [5, 5.41) is 3.19. The van der Waals surface area contributed by atoms with Crippen LogP contribution in [0.2, 0.25) is 0 Å². The Morgan fingerprint density at radius 3 is 2.52 bits per heavy atom. The van der Waals surface area contributed by atoms with Crippen molar-refractivity contribution in [3.05, 3.63) is 65.2 Å². The molecule has 0 amide bonds. The number of hydrogen-bond donors (Lipinski definition) is 1. The number of rotatable bonds is 7. The molecule has 112 valence electrons. The van der Waals surface area contributed by atoms with Gasteiger partial charge in [-0.05, 0) is 31.3 Å². The quantitative estimate of drug-likeness (QED) is 0.846. The second-order valence-electron chi connectivity index (χ2n) is 5.33. The lowest BCUT2D eigenvalue weighted by Crippen LogP contribution is -2.18. The van der Waals surface area contributed by atoms with Crippen LogP contribution in [0.25, 0.3) is 0 Å². The van der Waals surface area contributed by atoms with Gasteiger partial charge in [-0.2, -0.15) is 0 Å². The largest absolute Gasteiger partial charge is 0.496 e. The number of para-hydroxylation sites is 1. The highest BCUT2D eigenvalue weighted by atomic mass is 16.5. The zero-order valence-electron chi connectivity index (χ0n) is 13.1. The molecule has 0 aliphatic carbocycles. The Labute approximate surface area is 127 Å². The third-order valence-electron chi connectivity index (χ3n) is 3.46. The van der Waals surface area contributed by atoms with Crippen LogP contribution in [0.4, 0.5) is 0 Å². The van der Waals surface area contributed by atoms with Gasteiger partial charge in [0.25, 0.3) is 0 Å². The van der Waals surface area contributed by atoms with E-state index < -0.39 is 0 Å². The molecule has 0 saturated heterocycles. The van der Waals surface area contributed by atoms with Gasteiger partial charge in [-0.1, -0.05) is 42.5 Å². The van der Waals surface area contributed by atoms with Crippen molar-refractivity contribution in [2.24, 2.45) is 0 Å². The minimum atomic E-state index is 0.875. The minimum Gasteiger partial charge on any atom is -0.496 e. The molecule has 3 nitrogen and oxygen atoms in total. The van der Waals surface area contributed by atoms with Crippen LogP contribution in [0.1, 0.15) is 16.7 Å². The summed E-state index contributed by atoms with van der Waals surface area (Å²) in [6.45, 7) is 2.71. The van der Waals surface area contributed by atoms with Gasteiger partial charge in [0.2, 0.25) is 0 Å². The van der Waals surface area contributed by atoms with Gasteiger partial charge in [-0.15, -0.1) is 0 Å². The van der Waals surface area contributed by atoms with Crippen LogP contribution in [-0.2, 0) is 19.6 Å². The number of nitrogens with zero attached hydrogens (tertiary/aromatic N) is 1. The third kappa shape index (κ3) is 4.59. The topological polar surface area (TPSA) is 24.5 Å². The third-order valence-corrected chi connectivity index (χ3v) is 3.46. The van der Waals surface area contributed by atoms with Crippen molar-refractivity contribution in [3.8, 4) is 5.75 Å². The van der Waals surface area contributed by atoms with Crippen LogP contribution in [-0.4, -0.2) is 26.1 Å². The van der Waals surface area contributed by atoms with Gasteiger partial charge >= 0.3 is 0 Å². The Bertz CT molecular complexity index is 569. The Morgan fingerprint density at radius 2 is 1.76 bits per heavy atom. The van der Waals surface area contributed by atoms with Gasteiger partial charge in [-0.3, -0.25) is 4.90 Å². The highest BCUT2D eigenvalue weighted by Crippen LogP contribution is 2.19. The lowest BCUT2D eigenvalue weighted by molar-refractivity contribution is 0.310. The van der Waals surface area contributed by atoms with Gasteiger partial charge in [0, 0.05) is 25.2 Å². The van der Waals surface area contributed by atoms with Crippen molar-refractivity contribution in [3.63, 3.8) is 0 Å². The first-order chi connectivity index (χ1) is 10.2. The fourth-order valence-corrected chi connectivity index (χ4v) is 2.53. The normalized spacial score (nSPS) is 10.9. The number of nitrogens with one attached hydrogen (secondary N) is 1. The maximum atomic E-state index is 5.41. The number of ether oxygens (including phenoxy) is 1. The summed E-state index contributed by atoms with van der Waals surface area (Å²) in [6, 6.07) is 16.9. The second-order valence-corrected chi connectivity index (χ2v) is 5.33. The molecule has 0 fully saturated rings. The van der Waals surface area contributed by atoms with Crippen LogP contribution in [0.3, 0.4) is 0 Å². The lowest BCUT2D eigenvalue weighted by Gasteiger charge is -2.19. The molecule has 0 aliphatic rings. The van der Waals surface area contributed by atoms with Crippen LogP contribution < -0.4 is 10.1 Å². The molecule has 1 N–H and O–H groups in total. The molecule has 3 heteroatoms. The van der Waals surface area contributed by atoms with E-state index in [0.29, 0.717) is 0 Å². The number of hydrogen-bond acceptors (Lipinski definition) is 3. The first-order valence-corrected chi connectivity index (χ1v) is 7.25. The first kappa shape index (κ1) is 15.5. The van der Waals surface area contributed by atoms with E-state index in [-0.39, 0.29) is 0 Å². The first-order valence-electron chi connectivity index (χ1n) is 7.25. The molecule has 0 radical (unpaired) electrons. The molecule has 0 atom stereocenters. The fraction of sp³-hybridized carbons (Fsp3) is 0.333. The zero-order valence-corrected chi connectivity index (χ0v) is 13.1. The van der Waals surface area contributed by atoms with Gasteiger partial charge in [0.05, 0.1) is 7.11 Å². The fourth-order valence-electron chi connectivity index (χ4n) is 2.53. The molecular formula is C18H24N2O. The Kier molecular flexibility index (Phi) is 5.78. The lowest BCUT2D eigenvalue weighted by atomic mass is 10.1. The molecule has 2 aromatic carbocycles. The molecular weight excluding hydrogens is 260 g/mol. The molecule has 0 saturated carbocycles. The summed E-state index contributed by atoms with van der Waals surface area (Å²) in [7, 11) is 5.83. The number of methoxy groups -OCH3 is 1. The van der Waals surface area contributed by atoms with E-state index in [2.05, 4.69) is 53.7 Å². The van der Waals surface area contributed by atoms with E-state index in [1.54, 1.807) is 7.11 Å². The Morgan fingerprint density at radius 1 is 1.00 bits per heavy atom. The van der Waals surface area contributed by atoms with Crippen molar-refractivity contribution in [2.75, 3.05) is 21.2 Å². The summed E-state index contributed by atoms with van der Waals surface area (Å²) in [4.78, 5) is 2.30. The molecule has 21 heavy (non-hydrogen) atoms. The Hall–Kier alpha value is -1.84. The summed E-state index contributed by atoms with van der Waals surface area (Å²) >= 11 is 0. The zero-order chi connectivity index (χ0) is 15.1. The Balaban J connectivity index is 2.01. The second kappa shape index (κ2) is 7.81. The van der Waals surface area contributed by atoms with Crippen molar-refractivity contribution in [1.29, 1.82) is 0 Å². The standard InChI is InChI=1S/C18H24N2O/c1-19-12-15-7-6-8-16(11-15)13-20(2)14-17-9-4-5-10-18(17)21-3/h4-11,19H,12-14H2,1-3H3. The number of benzene rings is 2. The maximum absolute atomic E-state index is 5.41. The average molecular weight is 284 g/mol. The van der Waals surface area contributed by atoms with Gasteiger partial charge in [0.1, 0.15) is 5.75 Å². The van der Waals surface area contributed by atoms with Gasteiger partial charge in [-0.25, -0.2) is 0 Å². The van der Waals surface area contributed by atoms with Crippen LogP contribution >= 0.6 is 0 Å². The minimum absolute atomic E-state index is 0.875. The molecule has 0 aromatic heterocycles. The molecule has 0 heterocycles. The van der Waals surface area contributed by atoms with Crippen molar-refractivity contribution < 1.29 is 4.74 Å². The smallest absolute Gasteiger partial charge is 0.123 e. The van der Waals surface area contributed by atoms with Crippen molar-refractivity contribution in [2.45, 2.75) is 19.6 Å². The molecule has 2 aromatic rings. The molecule has 0 aliphatic heterocycles. The van der Waals surface area contributed by atoms with E-state index in [1.165, 1.54) is 16.7 Å². The van der Waals surface area contributed by atoms with Gasteiger partial charge in [0.15, 0.2) is 0 Å². The van der Waals surface area contributed by atoms with E-state index >= 15 is 0 Å².